The summed E-state index contributed by atoms with van der Waals surface area (Å²) in [5.74, 6) is 2.90. The lowest BCUT2D eigenvalue weighted by Crippen LogP contribution is -2.36. The first-order valence-electron chi connectivity index (χ1n) is 14.0. The van der Waals surface area contributed by atoms with Gasteiger partial charge in [-0.15, -0.1) is 0 Å². The minimum absolute atomic E-state index is 0.150. The van der Waals surface area contributed by atoms with Gasteiger partial charge in [0, 0.05) is 18.1 Å². The Balaban J connectivity index is 1.06. The van der Waals surface area contributed by atoms with Crippen LogP contribution in [0.5, 0.6) is 5.75 Å². The van der Waals surface area contributed by atoms with E-state index in [9.17, 15) is 9.90 Å². The monoisotopic (exact) mass is 597 g/mol. The summed E-state index contributed by atoms with van der Waals surface area (Å²) >= 11 is 12.2. The first-order chi connectivity index (χ1) is 19.8. The molecule has 2 aromatic carbocycles. The van der Waals surface area contributed by atoms with Crippen molar-refractivity contribution in [2.24, 2.45) is 5.92 Å². The second kappa shape index (κ2) is 12.1. The number of piperidine rings is 1. The number of aromatic carboxylic acids is 1. The van der Waals surface area contributed by atoms with Crippen molar-refractivity contribution in [1.29, 1.82) is 0 Å². The van der Waals surface area contributed by atoms with Crippen LogP contribution in [-0.2, 0) is 30.9 Å². The second-order valence-corrected chi connectivity index (χ2v) is 11.9. The third kappa shape index (κ3) is 6.41. The summed E-state index contributed by atoms with van der Waals surface area (Å²) in [7, 11) is 0. The molecule has 2 aromatic heterocycles. The van der Waals surface area contributed by atoms with E-state index in [1.165, 1.54) is 0 Å². The zero-order chi connectivity index (χ0) is 28.5. The Kier molecular flexibility index (Phi) is 8.26. The molecule has 0 unspecified atom stereocenters. The number of aryl methyl sites for hydroxylation is 1. The molecule has 1 atom stereocenters. The number of rotatable bonds is 10. The molecule has 8 nitrogen and oxygen atoms in total. The van der Waals surface area contributed by atoms with Crippen molar-refractivity contribution in [2.45, 2.75) is 58.4 Å². The number of furan rings is 1. The Morgan fingerprint density at radius 3 is 2.59 bits per heavy atom. The van der Waals surface area contributed by atoms with Gasteiger partial charge in [0.05, 0.1) is 40.8 Å². The lowest BCUT2D eigenvalue weighted by atomic mass is 9.92. The van der Waals surface area contributed by atoms with E-state index in [1.807, 2.05) is 19.1 Å². The largest absolute Gasteiger partial charge is 0.484 e. The van der Waals surface area contributed by atoms with Gasteiger partial charge in [0.15, 0.2) is 0 Å². The van der Waals surface area contributed by atoms with Crippen LogP contribution in [0.3, 0.4) is 0 Å². The number of benzene rings is 2. The number of hydrogen-bond donors (Lipinski definition) is 1. The molecule has 2 saturated heterocycles. The Morgan fingerprint density at radius 1 is 1.10 bits per heavy atom. The number of carbonyl (C=O) groups is 1. The molecule has 6 rings (SSSR count). The van der Waals surface area contributed by atoms with E-state index in [0.29, 0.717) is 40.4 Å². The quantitative estimate of drug-likeness (QED) is 0.216. The average Bonchev–Trinajstić information content (AvgIpc) is 3.51. The summed E-state index contributed by atoms with van der Waals surface area (Å²) in [6.45, 7) is 6.38. The van der Waals surface area contributed by atoms with Crippen molar-refractivity contribution >= 4 is 40.2 Å². The van der Waals surface area contributed by atoms with E-state index < -0.39 is 5.97 Å². The Morgan fingerprint density at radius 2 is 1.88 bits per heavy atom. The van der Waals surface area contributed by atoms with E-state index in [-0.39, 0.29) is 6.10 Å². The summed E-state index contributed by atoms with van der Waals surface area (Å²) in [6.07, 6.45) is 4.20. The molecule has 216 valence electrons. The highest BCUT2D eigenvalue weighted by molar-refractivity contribution is 6.35. The van der Waals surface area contributed by atoms with Crippen molar-refractivity contribution < 1.29 is 23.8 Å². The number of aromatic nitrogens is 2. The minimum atomic E-state index is -0.923. The van der Waals surface area contributed by atoms with Gasteiger partial charge in [-0.05, 0) is 93.2 Å². The van der Waals surface area contributed by atoms with E-state index >= 15 is 0 Å². The molecule has 2 aliphatic heterocycles. The van der Waals surface area contributed by atoms with Gasteiger partial charge in [0.25, 0.3) is 0 Å². The van der Waals surface area contributed by atoms with Crippen molar-refractivity contribution in [3.8, 4) is 5.75 Å². The summed E-state index contributed by atoms with van der Waals surface area (Å²) in [5, 5.41) is 10.7. The number of fused-ring (bicyclic) bond motifs is 1. The maximum absolute atomic E-state index is 11.7. The minimum Gasteiger partial charge on any atom is -0.484 e. The fourth-order valence-electron chi connectivity index (χ4n) is 5.70. The van der Waals surface area contributed by atoms with Crippen LogP contribution in [0.1, 0.15) is 52.5 Å². The number of hydrogen-bond acceptors (Lipinski definition) is 6. The second-order valence-electron chi connectivity index (χ2n) is 11.0. The molecule has 4 aromatic rings. The molecule has 0 saturated carbocycles. The number of nitrogens with zero attached hydrogens (tertiary/aromatic N) is 3. The van der Waals surface area contributed by atoms with Gasteiger partial charge in [-0.2, -0.15) is 0 Å². The Labute approximate surface area is 248 Å². The number of carboxylic acid groups (broad SMARTS) is 1. The zero-order valence-electron chi connectivity index (χ0n) is 22.9. The number of ether oxygens (including phenoxy) is 2. The van der Waals surface area contributed by atoms with E-state index in [1.54, 1.807) is 30.3 Å². The molecule has 0 radical (unpaired) electrons. The topological polar surface area (TPSA) is 90.0 Å². The molecule has 4 heterocycles. The van der Waals surface area contributed by atoms with Gasteiger partial charge in [-0.1, -0.05) is 23.2 Å². The van der Waals surface area contributed by atoms with Gasteiger partial charge in [-0.25, -0.2) is 9.78 Å². The van der Waals surface area contributed by atoms with Crippen molar-refractivity contribution in [2.75, 3.05) is 19.7 Å². The molecule has 10 heteroatoms. The molecular formula is C31H33Cl2N3O5. The summed E-state index contributed by atoms with van der Waals surface area (Å²) in [4.78, 5) is 19.1. The maximum Gasteiger partial charge on any atom is 0.335 e. The van der Waals surface area contributed by atoms with Gasteiger partial charge in [-0.3, -0.25) is 4.90 Å². The molecule has 0 amide bonds. The van der Waals surface area contributed by atoms with Crippen molar-refractivity contribution in [3.63, 3.8) is 0 Å². The predicted octanol–water partition coefficient (Wildman–Crippen LogP) is 6.77. The maximum atomic E-state index is 11.7. The molecule has 2 fully saturated rings. The van der Waals surface area contributed by atoms with E-state index in [4.69, 9.17) is 42.1 Å². The van der Waals surface area contributed by atoms with Crippen LogP contribution in [0.4, 0.5) is 0 Å². The molecule has 41 heavy (non-hydrogen) atoms. The molecule has 2 aliphatic rings. The molecule has 0 spiro atoms. The molecule has 0 aliphatic carbocycles. The number of carboxylic acids is 1. The highest BCUT2D eigenvalue weighted by atomic mass is 35.5. The van der Waals surface area contributed by atoms with Crippen molar-refractivity contribution in [1.82, 2.24) is 14.5 Å². The van der Waals surface area contributed by atoms with Crippen LogP contribution in [0, 0.1) is 12.8 Å². The Hall–Kier alpha value is -3.04. The van der Waals surface area contributed by atoms with Crippen LogP contribution < -0.4 is 4.74 Å². The molecular weight excluding hydrogens is 565 g/mol. The zero-order valence-corrected chi connectivity index (χ0v) is 24.5. The van der Waals surface area contributed by atoms with Crippen LogP contribution in [0.2, 0.25) is 10.0 Å². The SMILES string of the molecule is Cc1cc(C(=O)O)cc2c1nc(CN1CCC(Cc3ccc(COc4ccc(Cl)cc4Cl)o3)CC1)n2C[C@@H]1CCO1. The number of imidazole rings is 1. The standard InChI is InChI=1S/C31H33Cl2N3O5/c1-19-12-21(31(37)38)14-27-30(19)34-29(36(27)16-24-8-11-39-24)17-35-9-6-20(7-10-35)13-23-3-4-25(41-23)18-40-28-5-2-22(32)15-26(28)33/h2-5,12,14-15,20,24H,6-11,13,16-18H2,1H3,(H,37,38)/t24-/m0/s1. The van der Waals surface area contributed by atoms with Crippen LogP contribution in [-0.4, -0.2) is 51.3 Å². The van der Waals surface area contributed by atoms with Crippen LogP contribution in [0.25, 0.3) is 11.0 Å². The average molecular weight is 599 g/mol. The third-order valence-corrected chi connectivity index (χ3v) is 8.62. The highest BCUT2D eigenvalue weighted by Gasteiger charge is 2.26. The molecule has 1 N–H and O–H groups in total. The van der Waals surface area contributed by atoms with Gasteiger partial charge in [0.1, 0.15) is 29.7 Å². The first kappa shape index (κ1) is 28.1. The summed E-state index contributed by atoms with van der Waals surface area (Å²) in [6, 6.07) is 12.6. The lowest BCUT2D eigenvalue weighted by molar-refractivity contribution is -0.0592. The van der Waals surface area contributed by atoms with Gasteiger partial charge in [0.2, 0.25) is 0 Å². The van der Waals surface area contributed by atoms with Gasteiger partial charge >= 0.3 is 5.97 Å². The van der Waals surface area contributed by atoms with Crippen molar-refractivity contribution in [3.05, 3.63) is 81.0 Å². The summed E-state index contributed by atoms with van der Waals surface area (Å²) in [5.41, 5.74) is 2.92. The number of halogens is 2. The fourth-order valence-corrected chi connectivity index (χ4v) is 6.17. The summed E-state index contributed by atoms with van der Waals surface area (Å²) < 4.78 is 19.8. The Bertz CT molecular complexity index is 1550. The molecule has 0 bridgehead atoms. The van der Waals surface area contributed by atoms with E-state index in [2.05, 4.69) is 9.47 Å². The normalized spacial score (nSPS) is 18.1. The third-order valence-electron chi connectivity index (χ3n) is 8.09. The van der Waals surface area contributed by atoms with Gasteiger partial charge < -0.3 is 23.6 Å². The highest BCUT2D eigenvalue weighted by Crippen LogP contribution is 2.30. The first-order valence-corrected chi connectivity index (χ1v) is 14.8. The lowest BCUT2D eigenvalue weighted by Gasteiger charge is -2.32. The number of likely N-dealkylation sites (tertiary alicyclic amines) is 1. The fraction of sp³-hybridized carbons (Fsp3) is 0.419. The predicted molar refractivity (Wildman–Crippen MR) is 157 cm³/mol. The van der Waals surface area contributed by atoms with E-state index in [0.717, 1.165) is 85.9 Å². The van der Waals surface area contributed by atoms with Crippen LogP contribution >= 0.6 is 23.2 Å². The van der Waals surface area contributed by atoms with Crippen LogP contribution in [0.15, 0.2) is 46.9 Å². The smallest absolute Gasteiger partial charge is 0.335 e.